The number of carbonyl (C=O) groups excluding carboxylic acids is 2. The van der Waals surface area contributed by atoms with E-state index in [0.29, 0.717) is 25.3 Å². The molecule has 0 aliphatic carbocycles. The molecule has 2 amide bonds. The highest BCUT2D eigenvalue weighted by molar-refractivity contribution is 5.78. The first-order valence-corrected chi connectivity index (χ1v) is 7.80. The lowest BCUT2D eigenvalue weighted by Crippen LogP contribution is -2.36. The molecule has 1 aliphatic rings. The molecular formula is C17H21N3O3. The van der Waals surface area contributed by atoms with Gasteiger partial charge in [-0.05, 0) is 24.3 Å². The summed E-state index contributed by atoms with van der Waals surface area (Å²) in [7, 11) is 1.64. The number of fused-ring (bicyclic) bond motifs is 1. The van der Waals surface area contributed by atoms with Crippen molar-refractivity contribution in [3.8, 4) is 0 Å². The molecule has 0 fully saturated rings. The highest BCUT2D eigenvalue weighted by atomic mass is 16.3. The van der Waals surface area contributed by atoms with E-state index < -0.39 is 0 Å². The van der Waals surface area contributed by atoms with Crippen molar-refractivity contribution < 1.29 is 14.0 Å². The van der Waals surface area contributed by atoms with Gasteiger partial charge in [-0.15, -0.1) is 0 Å². The molecule has 23 heavy (non-hydrogen) atoms. The molecule has 6 heteroatoms. The van der Waals surface area contributed by atoms with Crippen LogP contribution in [0.25, 0.3) is 0 Å². The molecule has 0 bridgehead atoms. The summed E-state index contributed by atoms with van der Waals surface area (Å²) in [6, 6.07) is 7.59. The smallest absolute Gasteiger partial charge is 0.230 e. The lowest BCUT2D eigenvalue weighted by molar-refractivity contribution is -0.132. The number of hydrogen-bond acceptors (Lipinski definition) is 3. The van der Waals surface area contributed by atoms with Crippen LogP contribution < -0.4 is 5.32 Å². The summed E-state index contributed by atoms with van der Waals surface area (Å²) in [6.07, 6.45) is 4.25. The molecule has 1 atom stereocenters. The van der Waals surface area contributed by atoms with Gasteiger partial charge < -0.3 is 19.2 Å². The monoisotopic (exact) mass is 315 g/mol. The number of nitrogens with one attached hydrogen (secondary N) is 1. The standard InChI is InChI=1S/C17H21N3O3/c1-18-16(21)8-13-10-19-6-2-4-14(19)12-20(11-13)17(22)9-15-5-3-7-23-15/h2-7,13H,8-12H2,1H3,(H,18,21)/t13-/m0/s1. The number of carbonyl (C=O) groups is 2. The SMILES string of the molecule is CNC(=O)C[C@@H]1CN(C(=O)Cc2ccco2)Cc2cccn2C1. The Kier molecular flexibility index (Phi) is 4.50. The zero-order valence-corrected chi connectivity index (χ0v) is 13.2. The van der Waals surface area contributed by atoms with Crippen LogP contribution in [0.4, 0.5) is 0 Å². The molecule has 2 aromatic heterocycles. The minimum atomic E-state index is 0.00374. The number of aromatic nitrogens is 1. The fourth-order valence-electron chi connectivity index (χ4n) is 3.04. The normalized spacial score (nSPS) is 17.4. The van der Waals surface area contributed by atoms with E-state index in [0.717, 1.165) is 12.2 Å². The first-order valence-electron chi connectivity index (χ1n) is 7.80. The maximum Gasteiger partial charge on any atom is 0.230 e. The highest BCUT2D eigenvalue weighted by Gasteiger charge is 2.26. The summed E-state index contributed by atoms with van der Waals surface area (Å²) in [5.74, 6) is 0.794. The van der Waals surface area contributed by atoms with E-state index in [4.69, 9.17) is 4.42 Å². The number of hydrogen-bond donors (Lipinski definition) is 1. The second kappa shape index (κ2) is 6.73. The van der Waals surface area contributed by atoms with Crippen LogP contribution in [-0.2, 0) is 29.1 Å². The van der Waals surface area contributed by atoms with E-state index in [2.05, 4.69) is 9.88 Å². The molecule has 122 valence electrons. The van der Waals surface area contributed by atoms with Crippen LogP contribution in [0.15, 0.2) is 41.1 Å². The topological polar surface area (TPSA) is 67.5 Å². The summed E-state index contributed by atoms with van der Waals surface area (Å²) >= 11 is 0. The molecule has 1 aliphatic heterocycles. The molecule has 3 heterocycles. The van der Waals surface area contributed by atoms with Crippen molar-refractivity contribution in [1.29, 1.82) is 0 Å². The van der Waals surface area contributed by atoms with E-state index in [1.807, 2.05) is 23.2 Å². The fourth-order valence-corrected chi connectivity index (χ4v) is 3.04. The maximum absolute atomic E-state index is 12.6. The van der Waals surface area contributed by atoms with Gasteiger partial charge >= 0.3 is 0 Å². The van der Waals surface area contributed by atoms with Gasteiger partial charge in [-0.1, -0.05) is 0 Å². The third kappa shape index (κ3) is 3.64. The predicted octanol–water partition coefficient (Wildman–Crippen LogP) is 1.42. The third-order valence-corrected chi connectivity index (χ3v) is 4.22. The van der Waals surface area contributed by atoms with Gasteiger partial charge in [0.15, 0.2) is 0 Å². The second-order valence-corrected chi connectivity index (χ2v) is 5.93. The van der Waals surface area contributed by atoms with Crippen LogP contribution >= 0.6 is 0 Å². The van der Waals surface area contributed by atoms with Crippen molar-refractivity contribution in [3.05, 3.63) is 48.2 Å². The molecule has 0 aromatic carbocycles. The Labute approximate surface area is 135 Å². The number of rotatable bonds is 4. The fraction of sp³-hybridized carbons (Fsp3) is 0.412. The van der Waals surface area contributed by atoms with Crippen LogP contribution in [0.1, 0.15) is 17.9 Å². The Balaban J connectivity index is 1.76. The Hall–Kier alpha value is -2.50. The minimum absolute atomic E-state index is 0.00374. The Morgan fingerprint density at radius 1 is 1.30 bits per heavy atom. The van der Waals surface area contributed by atoms with Crippen LogP contribution in [0.2, 0.25) is 0 Å². The van der Waals surface area contributed by atoms with Crippen LogP contribution in [0.3, 0.4) is 0 Å². The zero-order chi connectivity index (χ0) is 16.2. The second-order valence-electron chi connectivity index (χ2n) is 5.93. The molecule has 0 saturated heterocycles. The number of amides is 2. The van der Waals surface area contributed by atoms with Crippen molar-refractivity contribution in [2.45, 2.75) is 25.9 Å². The zero-order valence-electron chi connectivity index (χ0n) is 13.2. The molecule has 0 unspecified atom stereocenters. The third-order valence-electron chi connectivity index (χ3n) is 4.22. The molecule has 2 aromatic rings. The molecule has 0 saturated carbocycles. The summed E-state index contributed by atoms with van der Waals surface area (Å²) in [6.45, 7) is 1.89. The number of nitrogens with zero attached hydrogens (tertiary/aromatic N) is 2. The lowest BCUT2D eigenvalue weighted by Gasteiger charge is -2.23. The van der Waals surface area contributed by atoms with Crippen LogP contribution in [-0.4, -0.2) is 34.9 Å². The van der Waals surface area contributed by atoms with E-state index >= 15 is 0 Å². The maximum atomic E-state index is 12.6. The van der Waals surface area contributed by atoms with Gasteiger partial charge in [0.05, 0.1) is 19.2 Å². The molecule has 0 spiro atoms. The summed E-state index contributed by atoms with van der Waals surface area (Å²) in [5, 5.41) is 2.66. The first kappa shape index (κ1) is 15.4. The van der Waals surface area contributed by atoms with Gasteiger partial charge in [0.25, 0.3) is 0 Å². The number of furan rings is 1. The molecule has 0 radical (unpaired) electrons. The van der Waals surface area contributed by atoms with E-state index in [1.54, 1.807) is 25.4 Å². The largest absolute Gasteiger partial charge is 0.469 e. The summed E-state index contributed by atoms with van der Waals surface area (Å²) in [4.78, 5) is 26.2. The van der Waals surface area contributed by atoms with Crippen LogP contribution in [0.5, 0.6) is 0 Å². The average molecular weight is 315 g/mol. The van der Waals surface area contributed by atoms with E-state index in [-0.39, 0.29) is 24.2 Å². The van der Waals surface area contributed by atoms with Crippen molar-refractivity contribution in [1.82, 2.24) is 14.8 Å². The Morgan fingerprint density at radius 2 is 2.17 bits per heavy atom. The predicted molar refractivity (Wildman–Crippen MR) is 84.4 cm³/mol. The van der Waals surface area contributed by atoms with Crippen molar-refractivity contribution in [2.75, 3.05) is 13.6 Å². The average Bonchev–Trinajstić information content (AvgIpc) is 3.16. The Bertz CT molecular complexity index is 675. The highest BCUT2D eigenvalue weighted by Crippen LogP contribution is 2.20. The lowest BCUT2D eigenvalue weighted by atomic mass is 10.0. The first-order chi connectivity index (χ1) is 11.2. The van der Waals surface area contributed by atoms with Crippen molar-refractivity contribution in [2.24, 2.45) is 5.92 Å². The van der Waals surface area contributed by atoms with Gasteiger partial charge in [-0.3, -0.25) is 9.59 Å². The van der Waals surface area contributed by atoms with E-state index in [9.17, 15) is 9.59 Å². The Morgan fingerprint density at radius 3 is 2.91 bits per heavy atom. The summed E-state index contributed by atoms with van der Waals surface area (Å²) in [5.41, 5.74) is 1.09. The van der Waals surface area contributed by atoms with Gasteiger partial charge in [0, 0.05) is 44.4 Å². The van der Waals surface area contributed by atoms with Gasteiger partial charge in [0.1, 0.15) is 5.76 Å². The van der Waals surface area contributed by atoms with Crippen molar-refractivity contribution in [3.63, 3.8) is 0 Å². The van der Waals surface area contributed by atoms with Gasteiger partial charge in [-0.25, -0.2) is 0 Å². The van der Waals surface area contributed by atoms with E-state index in [1.165, 1.54) is 0 Å². The molecule has 6 nitrogen and oxygen atoms in total. The van der Waals surface area contributed by atoms with Gasteiger partial charge in [-0.2, -0.15) is 0 Å². The quantitative estimate of drug-likeness (QED) is 0.928. The van der Waals surface area contributed by atoms with Gasteiger partial charge in [0.2, 0.25) is 11.8 Å². The van der Waals surface area contributed by atoms with Crippen molar-refractivity contribution >= 4 is 11.8 Å². The molecular weight excluding hydrogens is 294 g/mol. The van der Waals surface area contributed by atoms with Crippen LogP contribution in [0, 0.1) is 5.92 Å². The summed E-state index contributed by atoms with van der Waals surface area (Å²) < 4.78 is 7.41. The molecule has 3 rings (SSSR count). The minimum Gasteiger partial charge on any atom is -0.469 e. The molecule has 1 N–H and O–H groups in total.